The molecule has 0 aliphatic rings. The smallest absolute Gasteiger partial charge is 0.417 e. The highest BCUT2D eigenvalue weighted by Crippen LogP contribution is 2.37. The summed E-state index contributed by atoms with van der Waals surface area (Å²) in [4.78, 5) is 16.6. The van der Waals surface area contributed by atoms with Crippen molar-refractivity contribution in [3.8, 4) is 17.2 Å². The predicted octanol–water partition coefficient (Wildman–Crippen LogP) is 6.42. The minimum Gasteiger partial charge on any atom is -0.450 e. The molecule has 9 nitrogen and oxygen atoms in total. The van der Waals surface area contributed by atoms with E-state index >= 15 is 8.78 Å². The number of nitrogens with zero attached hydrogens (tertiary/aromatic N) is 2. The van der Waals surface area contributed by atoms with Crippen molar-refractivity contribution >= 4 is 32.8 Å². The van der Waals surface area contributed by atoms with Crippen molar-refractivity contribution in [2.45, 2.75) is 24.7 Å². The molecule has 0 aliphatic carbocycles. The molecule has 0 fully saturated rings. The normalized spacial score (nSPS) is 11.4. The van der Waals surface area contributed by atoms with Gasteiger partial charge >= 0.3 is 6.09 Å². The quantitative estimate of drug-likeness (QED) is 0.177. The van der Waals surface area contributed by atoms with Crippen LogP contribution in [0, 0.1) is 18.6 Å². The summed E-state index contributed by atoms with van der Waals surface area (Å²) in [7, 11) is -2.26. The van der Waals surface area contributed by atoms with Gasteiger partial charge in [0.15, 0.2) is 23.0 Å². The van der Waals surface area contributed by atoms with Crippen LogP contribution >= 0.6 is 0 Å². The zero-order chi connectivity index (χ0) is 30.6. The van der Waals surface area contributed by atoms with Gasteiger partial charge in [0.2, 0.25) is 0 Å². The Bertz CT molecular complexity index is 1860. The van der Waals surface area contributed by atoms with E-state index in [4.69, 9.17) is 9.47 Å². The van der Waals surface area contributed by atoms with E-state index in [1.165, 1.54) is 30.6 Å². The largest absolute Gasteiger partial charge is 0.450 e. The molecule has 0 bridgehead atoms. The van der Waals surface area contributed by atoms with Crippen molar-refractivity contribution in [1.82, 2.24) is 14.3 Å². The van der Waals surface area contributed by atoms with Gasteiger partial charge in [-0.1, -0.05) is 35.9 Å². The number of ether oxygens (including phenoxy) is 2. The average molecular weight is 607 g/mol. The molecule has 0 spiro atoms. The lowest BCUT2D eigenvalue weighted by molar-refractivity contribution is 0.215. The number of hydrogen-bond donors (Lipinski definition) is 2. The molecule has 0 unspecified atom stereocenters. The third-order valence-corrected chi connectivity index (χ3v) is 8.22. The molecule has 2 N–H and O–H groups in total. The first-order chi connectivity index (χ1) is 20.7. The van der Waals surface area contributed by atoms with Gasteiger partial charge in [0.1, 0.15) is 11.5 Å². The zero-order valence-electron chi connectivity index (χ0n) is 23.3. The number of aromatic nitrogens is 2. The number of pyridine rings is 1. The number of hydrogen-bond acceptors (Lipinski definition) is 7. The number of rotatable bonds is 10. The summed E-state index contributed by atoms with van der Waals surface area (Å²) in [6, 6.07) is 17.8. The molecule has 2 aromatic heterocycles. The maximum Gasteiger partial charge on any atom is 0.417 e. The van der Waals surface area contributed by atoms with E-state index in [0.29, 0.717) is 30.3 Å². The van der Waals surface area contributed by atoms with Crippen molar-refractivity contribution in [2.24, 2.45) is 0 Å². The summed E-state index contributed by atoms with van der Waals surface area (Å²) in [6.45, 7) is 2.50. The number of amides is 1. The highest BCUT2D eigenvalue weighted by Gasteiger charge is 2.25. The van der Waals surface area contributed by atoms with Gasteiger partial charge in [0.05, 0.1) is 16.0 Å². The first-order valence-electron chi connectivity index (χ1n) is 13.3. The summed E-state index contributed by atoms with van der Waals surface area (Å²) in [5, 5.41) is 5.64. The number of benzene rings is 3. The summed E-state index contributed by atoms with van der Waals surface area (Å²) < 4.78 is 69.5. The molecule has 2 heterocycles. The average Bonchev–Trinajstić information content (AvgIpc) is 3.36. The van der Waals surface area contributed by atoms with Crippen molar-refractivity contribution in [3.05, 3.63) is 108 Å². The number of halogens is 2. The molecule has 0 atom stereocenters. The predicted molar refractivity (Wildman–Crippen MR) is 158 cm³/mol. The fourth-order valence-corrected chi connectivity index (χ4v) is 5.82. The first-order valence-corrected chi connectivity index (χ1v) is 14.8. The van der Waals surface area contributed by atoms with E-state index in [1.54, 1.807) is 49.5 Å². The van der Waals surface area contributed by atoms with E-state index in [-0.39, 0.29) is 27.7 Å². The monoisotopic (exact) mass is 606 g/mol. The summed E-state index contributed by atoms with van der Waals surface area (Å²) in [5.41, 5.74) is 1.34. The highest BCUT2D eigenvalue weighted by atomic mass is 32.2. The maximum absolute atomic E-state index is 15.2. The summed E-state index contributed by atoms with van der Waals surface area (Å²) in [6.07, 6.45) is 2.93. The Morgan fingerprint density at radius 3 is 2.37 bits per heavy atom. The van der Waals surface area contributed by atoms with Crippen LogP contribution in [0.15, 0.2) is 90.1 Å². The third kappa shape index (κ3) is 6.50. The van der Waals surface area contributed by atoms with Gasteiger partial charge < -0.3 is 14.8 Å². The molecule has 0 radical (unpaired) electrons. The third-order valence-electron chi connectivity index (χ3n) is 6.56. The van der Waals surface area contributed by atoms with Crippen LogP contribution in [0.25, 0.3) is 11.0 Å². The SMILES string of the molecule is CNCCCc1cn(S(=O)(=O)c2ccc(C)cc2)c2nccc(Oc3c(F)cc(NC(=O)Oc4ccccc4)cc3F)c12. The lowest BCUT2D eigenvalue weighted by atomic mass is 10.1. The number of para-hydroxylation sites is 1. The molecule has 43 heavy (non-hydrogen) atoms. The van der Waals surface area contributed by atoms with Gasteiger partial charge in [-0.25, -0.2) is 30.9 Å². The second-order valence-corrected chi connectivity index (χ2v) is 11.5. The first kappa shape index (κ1) is 29.7. The van der Waals surface area contributed by atoms with Gasteiger partial charge in [-0.05, 0) is 69.3 Å². The minimum absolute atomic E-state index is 0.0179. The Kier molecular flexibility index (Phi) is 8.69. The topological polar surface area (TPSA) is 112 Å². The van der Waals surface area contributed by atoms with Crippen molar-refractivity contribution in [3.63, 3.8) is 0 Å². The molecule has 1 amide bonds. The fraction of sp³-hybridized carbons (Fsp3) is 0.161. The van der Waals surface area contributed by atoms with E-state index in [1.807, 2.05) is 6.92 Å². The van der Waals surface area contributed by atoms with Crippen LogP contribution in [0.4, 0.5) is 19.3 Å². The van der Waals surface area contributed by atoms with Crippen LogP contribution in [0.5, 0.6) is 17.2 Å². The Balaban J connectivity index is 1.49. The summed E-state index contributed by atoms with van der Waals surface area (Å²) >= 11 is 0. The molecule has 0 saturated carbocycles. The molecule has 3 aromatic carbocycles. The van der Waals surface area contributed by atoms with Crippen LogP contribution in [-0.4, -0.2) is 37.1 Å². The van der Waals surface area contributed by atoms with Crippen LogP contribution in [0.1, 0.15) is 17.5 Å². The molecule has 222 valence electrons. The molecule has 0 saturated heterocycles. The van der Waals surface area contributed by atoms with Gasteiger partial charge in [0, 0.05) is 24.5 Å². The van der Waals surface area contributed by atoms with Crippen LogP contribution in [-0.2, 0) is 16.4 Å². The van der Waals surface area contributed by atoms with E-state index in [2.05, 4.69) is 15.6 Å². The molecular formula is C31H28F2N4O5S. The van der Waals surface area contributed by atoms with Crippen molar-refractivity contribution in [2.75, 3.05) is 18.9 Å². The highest BCUT2D eigenvalue weighted by molar-refractivity contribution is 7.90. The molecule has 0 aliphatic heterocycles. The Hall–Kier alpha value is -4.81. The minimum atomic E-state index is -4.06. The van der Waals surface area contributed by atoms with Crippen LogP contribution < -0.4 is 20.1 Å². The van der Waals surface area contributed by atoms with Gasteiger partial charge in [0.25, 0.3) is 10.0 Å². The fourth-order valence-electron chi connectivity index (χ4n) is 4.49. The molecular weight excluding hydrogens is 578 g/mol. The summed E-state index contributed by atoms with van der Waals surface area (Å²) in [5.74, 6) is -2.65. The van der Waals surface area contributed by atoms with E-state index < -0.39 is 33.5 Å². The Morgan fingerprint density at radius 1 is 1.00 bits per heavy atom. The van der Waals surface area contributed by atoms with Crippen molar-refractivity contribution in [1.29, 1.82) is 0 Å². The Morgan fingerprint density at radius 2 is 1.70 bits per heavy atom. The second-order valence-electron chi connectivity index (χ2n) is 9.68. The number of anilines is 1. The molecule has 12 heteroatoms. The molecule has 5 rings (SSSR count). The number of carbonyl (C=O) groups excluding carboxylic acids is 1. The number of carbonyl (C=O) groups is 1. The second kappa shape index (κ2) is 12.6. The number of nitrogens with one attached hydrogen (secondary N) is 2. The number of aryl methyl sites for hydroxylation is 2. The van der Waals surface area contributed by atoms with Crippen LogP contribution in [0.3, 0.4) is 0 Å². The van der Waals surface area contributed by atoms with E-state index in [9.17, 15) is 13.2 Å². The maximum atomic E-state index is 15.2. The molecule has 5 aromatic rings. The van der Waals surface area contributed by atoms with Gasteiger partial charge in [-0.2, -0.15) is 0 Å². The van der Waals surface area contributed by atoms with Crippen LogP contribution in [0.2, 0.25) is 0 Å². The lowest BCUT2D eigenvalue weighted by Gasteiger charge is -2.13. The van der Waals surface area contributed by atoms with Gasteiger partial charge in [-0.3, -0.25) is 5.32 Å². The van der Waals surface area contributed by atoms with E-state index in [0.717, 1.165) is 21.7 Å². The Labute approximate surface area is 247 Å². The zero-order valence-corrected chi connectivity index (χ0v) is 24.1. The standard InChI is InChI=1S/C31H28F2N4O5S/c1-20-10-12-24(13-11-20)43(39,40)37-19-21(7-6-15-34-2)28-27(14-16-35-30(28)37)42-29-25(32)17-22(18-26(29)33)36-31(38)41-23-8-4-3-5-9-23/h3-5,8-14,16-19,34H,6-7,15H2,1-2H3,(H,36,38). The van der Waals surface area contributed by atoms with Crippen molar-refractivity contribution < 1.29 is 31.5 Å². The lowest BCUT2D eigenvalue weighted by Crippen LogP contribution is -2.17. The van der Waals surface area contributed by atoms with Gasteiger partial charge in [-0.15, -0.1) is 0 Å². The number of fused-ring (bicyclic) bond motifs is 1.